The van der Waals surface area contributed by atoms with Crippen LogP contribution in [0.15, 0.2) is 0 Å². The van der Waals surface area contributed by atoms with Gasteiger partial charge in [0, 0.05) is 0 Å². The van der Waals surface area contributed by atoms with Crippen LogP contribution in [0.4, 0.5) is 8.39 Å². The summed E-state index contributed by atoms with van der Waals surface area (Å²) in [5, 5.41) is 0. The molecule has 1 fully saturated rings. The Morgan fingerprint density at radius 1 is 1.29 bits per heavy atom. The number of esters is 2. The Morgan fingerprint density at radius 2 is 1.92 bits per heavy atom. The topological polar surface area (TPSA) is 89.5 Å². The summed E-state index contributed by atoms with van der Waals surface area (Å²) in [6, 6.07) is 0. The van der Waals surface area contributed by atoms with E-state index in [4.69, 9.17) is 12.8 Å². The van der Waals surface area contributed by atoms with Gasteiger partial charge in [-0.1, -0.05) is 0 Å². The van der Waals surface area contributed by atoms with E-state index in [0.29, 0.717) is 0 Å². The predicted octanol–water partition coefficient (Wildman–Crippen LogP) is 0.853. The van der Waals surface area contributed by atoms with Crippen LogP contribution in [-0.2, 0) is 37.4 Å². The fourth-order valence-corrected chi connectivity index (χ4v) is 2.94. The molecule has 1 aliphatic rings. The van der Waals surface area contributed by atoms with Crippen molar-refractivity contribution in [3.05, 3.63) is 0 Å². The van der Waals surface area contributed by atoms with E-state index in [-0.39, 0.29) is 6.61 Å². The molecule has 134 valence electrons. The number of halogens is 2. The SMILES string of the molecule is C#CCOC(=O)C(COP1(F)(F)OCC(C(=O)OCC#C)O1)OC. The van der Waals surface area contributed by atoms with Crippen molar-refractivity contribution >= 4 is 19.8 Å². The minimum absolute atomic E-state index is 0.358. The molecule has 0 amide bonds. The van der Waals surface area contributed by atoms with Crippen LogP contribution >= 0.6 is 7.91 Å². The Hall–Kier alpha value is -1.81. The van der Waals surface area contributed by atoms with E-state index >= 15 is 0 Å². The molecule has 2 atom stereocenters. The zero-order chi connectivity index (χ0) is 18.2. The molecule has 1 heterocycles. The molecule has 0 spiro atoms. The van der Waals surface area contributed by atoms with Gasteiger partial charge in [-0.25, -0.2) is 0 Å². The number of hydrogen-bond acceptors (Lipinski definition) is 8. The molecule has 8 nitrogen and oxygen atoms in total. The van der Waals surface area contributed by atoms with Gasteiger partial charge >= 0.3 is 136 Å². The third kappa shape index (κ3) is 5.68. The van der Waals surface area contributed by atoms with Gasteiger partial charge in [-0.2, -0.15) is 0 Å². The number of terminal acetylenes is 2. The summed E-state index contributed by atoms with van der Waals surface area (Å²) in [7, 11) is -5.49. The van der Waals surface area contributed by atoms with Crippen LogP contribution in [0.5, 0.6) is 0 Å². The van der Waals surface area contributed by atoms with Crippen LogP contribution in [0.1, 0.15) is 0 Å². The third-order valence-electron chi connectivity index (χ3n) is 2.56. The molecule has 0 aromatic rings. The molecule has 1 aliphatic heterocycles. The summed E-state index contributed by atoms with van der Waals surface area (Å²) in [4.78, 5) is 23.0. The molecule has 11 heteroatoms. The van der Waals surface area contributed by atoms with Crippen LogP contribution in [0.3, 0.4) is 0 Å². The summed E-state index contributed by atoms with van der Waals surface area (Å²) in [6.45, 7) is -2.48. The van der Waals surface area contributed by atoms with Crippen LogP contribution in [0, 0.1) is 24.7 Å². The van der Waals surface area contributed by atoms with Crippen molar-refractivity contribution < 1.29 is 45.8 Å². The van der Waals surface area contributed by atoms with Gasteiger partial charge in [-0.15, -0.1) is 0 Å². The molecule has 2 unspecified atom stereocenters. The first kappa shape index (κ1) is 20.2. The predicted molar refractivity (Wildman–Crippen MR) is 76.3 cm³/mol. The minimum atomic E-state index is -6.57. The summed E-state index contributed by atoms with van der Waals surface area (Å²) >= 11 is 0. The van der Waals surface area contributed by atoms with E-state index in [0.717, 1.165) is 7.11 Å². The van der Waals surface area contributed by atoms with Crippen molar-refractivity contribution in [1.82, 2.24) is 0 Å². The van der Waals surface area contributed by atoms with Crippen LogP contribution in [0.25, 0.3) is 0 Å². The fraction of sp³-hybridized carbons (Fsp3) is 0.538. The Balaban J connectivity index is 2.62. The second-order valence-electron chi connectivity index (χ2n) is 4.24. The molecule has 1 rings (SSSR count). The number of carbonyl (C=O) groups is 2. The Morgan fingerprint density at radius 3 is 2.50 bits per heavy atom. The van der Waals surface area contributed by atoms with Gasteiger partial charge in [0.25, 0.3) is 0 Å². The average molecular weight is 368 g/mol. The van der Waals surface area contributed by atoms with Crippen molar-refractivity contribution in [2.75, 3.05) is 33.5 Å². The molecule has 0 saturated carbocycles. The summed E-state index contributed by atoms with van der Waals surface area (Å²) in [6.07, 6.45) is 6.61. The van der Waals surface area contributed by atoms with Gasteiger partial charge in [-0.05, 0) is 0 Å². The third-order valence-corrected chi connectivity index (χ3v) is 4.25. The number of rotatable bonds is 8. The van der Waals surface area contributed by atoms with Crippen molar-refractivity contribution in [2.24, 2.45) is 0 Å². The van der Waals surface area contributed by atoms with E-state index in [1.807, 2.05) is 11.8 Å². The second kappa shape index (κ2) is 8.34. The van der Waals surface area contributed by atoms with Crippen LogP contribution in [-0.4, -0.2) is 57.7 Å². The molecular formula is C13H15F2O8P. The number of carbonyl (C=O) groups excluding carboxylic acids is 2. The molecule has 0 aromatic heterocycles. The number of ether oxygens (including phenoxy) is 3. The quantitative estimate of drug-likeness (QED) is 0.354. The van der Waals surface area contributed by atoms with Gasteiger partial charge in [0.05, 0.1) is 0 Å². The van der Waals surface area contributed by atoms with Crippen molar-refractivity contribution in [1.29, 1.82) is 0 Å². The molecule has 0 radical (unpaired) electrons. The zero-order valence-corrected chi connectivity index (χ0v) is 13.5. The summed E-state index contributed by atoms with van der Waals surface area (Å²) < 4.78 is 55.1. The van der Waals surface area contributed by atoms with E-state index in [9.17, 15) is 18.0 Å². The average Bonchev–Trinajstić information content (AvgIpc) is 2.88. The molecule has 1 saturated heterocycles. The van der Waals surface area contributed by atoms with Gasteiger partial charge in [0.2, 0.25) is 0 Å². The Labute approximate surface area is 137 Å². The standard InChI is InChI=1S/C13H15F2O8P/c1-4-6-19-12(16)10(18-3)8-21-24(14,15)22-9-11(23-24)13(17)20-7-5-2/h1-2,10-11H,6-9H2,3H3. The zero-order valence-electron chi connectivity index (χ0n) is 12.6. The summed E-state index contributed by atoms with van der Waals surface area (Å²) in [5.41, 5.74) is 0. The number of hydrogen-bond donors (Lipinski definition) is 0. The normalized spacial score (nSPS) is 23.7. The van der Waals surface area contributed by atoms with Gasteiger partial charge in [0.1, 0.15) is 0 Å². The molecule has 0 aliphatic carbocycles. The molecule has 0 bridgehead atoms. The van der Waals surface area contributed by atoms with Gasteiger partial charge < -0.3 is 0 Å². The van der Waals surface area contributed by atoms with Gasteiger partial charge in [0.15, 0.2) is 0 Å². The van der Waals surface area contributed by atoms with Crippen molar-refractivity contribution in [3.8, 4) is 24.7 Å². The Bertz CT molecular complexity index is 567. The maximum absolute atomic E-state index is 14.3. The van der Waals surface area contributed by atoms with E-state index < -0.39 is 51.9 Å². The maximum atomic E-state index is 14.3. The van der Waals surface area contributed by atoms with Gasteiger partial charge in [-0.3, -0.25) is 0 Å². The molecule has 24 heavy (non-hydrogen) atoms. The first-order valence-corrected chi connectivity index (χ1v) is 8.19. The number of methoxy groups -OCH3 is 1. The van der Waals surface area contributed by atoms with Crippen molar-refractivity contribution in [3.63, 3.8) is 0 Å². The first-order chi connectivity index (χ1) is 11.2. The summed E-state index contributed by atoms with van der Waals surface area (Å²) in [5.74, 6) is 1.91. The second-order valence-corrected chi connectivity index (χ2v) is 6.37. The first-order valence-electron chi connectivity index (χ1n) is 6.41. The molecule has 0 aromatic carbocycles. The van der Waals surface area contributed by atoms with Crippen LogP contribution < -0.4 is 0 Å². The van der Waals surface area contributed by atoms with E-state index in [2.05, 4.69) is 27.8 Å². The Kier molecular flexibility index (Phi) is 7.03. The monoisotopic (exact) mass is 368 g/mol. The molecule has 0 N–H and O–H groups in total. The van der Waals surface area contributed by atoms with Crippen LogP contribution in [0.2, 0.25) is 0 Å². The van der Waals surface area contributed by atoms with E-state index in [1.54, 1.807) is 0 Å². The van der Waals surface area contributed by atoms with E-state index in [1.165, 1.54) is 0 Å². The van der Waals surface area contributed by atoms with Crippen molar-refractivity contribution in [2.45, 2.75) is 12.2 Å². The fourth-order valence-electron chi connectivity index (χ4n) is 1.45. The molecular weight excluding hydrogens is 353 g/mol.